The Kier molecular flexibility index (Phi) is 5.76. The van der Waals surface area contributed by atoms with Crippen molar-refractivity contribution in [3.05, 3.63) is 0 Å². The van der Waals surface area contributed by atoms with Gasteiger partial charge in [0.25, 0.3) is 0 Å². The van der Waals surface area contributed by atoms with Gasteiger partial charge in [0.15, 0.2) is 0 Å². The third kappa shape index (κ3) is 5.65. The maximum atomic E-state index is 10.5. The number of amides is 1. The number of thioether (sulfide) groups is 1. The molecule has 0 atom stereocenters. The molecular weight excluding hydrogens is 136 g/mol. The maximum Gasteiger partial charge on any atom is 0.233 e. The number of likely N-dealkylation sites (N-methyl/N-ethyl adjacent to an activating group) is 1. The quantitative estimate of drug-likeness (QED) is 0.422. The van der Waals surface area contributed by atoms with Crippen LogP contribution >= 0.6 is 11.8 Å². The van der Waals surface area contributed by atoms with E-state index in [1.807, 2.05) is 6.26 Å². The SMILES string of the molecule is CNC(=O)CNCSC. The topological polar surface area (TPSA) is 41.1 Å². The van der Waals surface area contributed by atoms with Gasteiger partial charge < -0.3 is 5.32 Å². The first-order valence-corrected chi connectivity index (χ1v) is 4.11. The Morgan fingerprint density at radius 2 is 2.33 bits per heavy atom. The molecular formula is C5H12N2OS. The van der Waals surface area contributed by atoms with Crippen molar-refractivity contribution >= 4 is 17.7 Å². The normalized spacial score (nSPS) is 9.11. The summed E-state index contributed by atoms with van der Waals surface area (Å²) in [6.45, 7) is 0.414. The van der Waals surface area contributed by atoms with E-state index in [1.165, 1.54) is 0 Å². The van der Waals surface area contributed by atoms with E-state index in [2.05, 4.69) is 10.6 Å². The summed E-state index contributed by atoms with van der Waals surface area (Å²) in [4.78, 5) is 10.5. The van der Waals surface area contributed by atoms with Crippen molar-refractivity contribution in [1.82, 2.24) is 10.6 Å². The Morgan fingerprint density at radius 3 is 2.78 bits per heavy atom. The smallest absolute Gasteiger partial charge is 0.233 e. The number of hydrogen-bond donors (Lipinski definition) is 2. The van der Waals surface area contributed by atoms with Crippen LogP contribution in [0.1, 0.15) is 0 Å². The van der Waals surface area contributed by atoms with E-state index in [9.17, 15) is 4.79 Å². The fourth-order valence-corrected chi connectivity index (χ4v) is 0.661. The summed E-state index contributed by atoms with van der Waals surface area (Å²) >= 11 is 1.66. The molecule has 54 valence electrons. The minimum Gasteiger partial charge on any atom is -0.358 e. The molecule has 3 nitrogen and oxygen atoms in total. The van der Waals surface area contributed by atoms with Gasteiger partial charge in [-0.15, -0.1) is 11.8 Å². The molecule has 0 rings (SSSR count). The van der Waals surface area contributed by atoms with Crippen molar-refractivity contribution in [2.45, 2.75) is 0 Å². The molecule has 0 saturated carbocycles. The summed E-state index contributed by atoms with van der Waals surface area (Å²) < 4.78 is 0. The lowest BCUT2D eigenvalue weighted by Crippen LogP contribution is -2.30. The zero-order valence-corrected chi connectivity index (χ0v) is 6.55. The van der Waals surface area contributed by atoms with Crippen LogP contribution in [0.3, 0.4) is 0 Å². The number of hydrogen-bond acceptors (Lipinski definition) is 3. The second-order valence-corrected chi connectivity index (χ2v) is 2.40. The largest absolute Gasteiger partial charge is 0.358 e. The van der Waals surface area contributed by atoms with E-state index in [4.69, 9.17) is 0 Å². The number of rotatable bonds is 4. The van der Waals surface area contributed by atoms with Crippen LogP contribution in [0.5, 0.6) is 0 Å². The Labute approximate surface area is 59.6 Å². The molecule has 0 bridgehead atoms. The highest BCUT2D eigenvalue weighted by molar-refractivity contribution is 7.98. The summed E-state index contributed by atoms with van der Waals surface area (Å²) in [5, 5.41) is 5.45. The first-order chi connectivity index (χ1) is 4.31. The molecule has 0 heterocycles. The van der Waals surface area contributed by atoms with Crippen molar-refractivity contribution in [2.24, 2.45) is 0 Å². The van der Waals surface area contributed by atoms with Crippen LogP contribution in [0.4, 0.5) is 0 Å². The first kappa shape index (κ1) is 8.78. The standard InChI is InChI=1S/C5H12N2OS/c1-6-5(8)3-7-4-9-2/h7H,3-4H2,1-2H3,(H,6,8). The Balaban J connectivity index is 2.97. The van der Waals surface area contributed by atoms with Gasteiger partial charge in [0.1, 0.15) is 0 Å². The predicted molar refractivity (Wildman–Crippen MR) is 40.5 cm³/mol. The maximum absolute atomic E-state index is 10.5. The van der Waals surface area contributed by atoms with Gasteiger partial charge in [0.2, 0.25) is 5.91 Å². The van der Waals surface area contributed by atoms with Gasteiger partial charge in [-0.3, -0.25) is 10.1 Å². The molecule has 0 saturated heterocycles. The van der Waals surface area contributed by atoms with Gasteiger partial charge in [-0.25, -0.2) is 0 Å². The van der Waals surface area contributed by atoms with Crippen LogP contribution in [0.2, 0.25) is 0 Å². The van der Waals surface area contributed by atoms with Crippen LogP contribution in [-0.4, -0.2) is 31.6 Å². The van der Waals surface area contributed by atoms with Gasteiger partial charge in [0.05, 0.1) is 6.54 Å². The Hall–Kier alpha value is -0.220. The number of nitrogens with one attached hydrogen (secondary N) is 2. The average Bonchev–Trinajstić information content (AvgIpc) is 1.89. The van der Waals surface area contributed by atoms with E-state index < -0.39 is 0 Å². The van der Waals surface area contributed by atoms with Gasteiger partial charge >= 0.3 is 0 Å². The highest BCUT2D eigenvalue weighted by atomic mass is 32.2. The summed E-state index contributed by atoms with van der Waals surface area (Å²) in [6.07, 6.45) is 1.98. The number of carbonyl (C=O) groups excluding carboxylic acids is 1. The second-order valence-electron chi connectivity index (χ2n) is 1.53. The lowest BCUT2D eigenvalue weighted by Gasteiger charge is -1.99. The molecule has 0 radical (unpaired) electrons. The Bertz CT molecular complexity index is 87.0. The molecule has 1 amide bonds. The van der Waals surface area contributed by atoms with E-state index >= 15 is 0 Å². The van der Waals surface area contributed by atoms with E-state index in [0.717, 1.165) is 5.88 Å². The zero-order chi connectivity index (χ0) is 7.11. The van der Waals surface area contributed by atoms with Crippen molar-refractivity contribution in [3.8, 4) is 0 Å². The molecule has 2 N–H and O–H groups in total. The van der Waals surface area contributed by atoms with Gasteiger partial charge in [-0.2, -0.15) is 0 Å². The molecule has 0 aromatic rings. The third-order valence-electron chi connectivity index (χ3n) is 0.811. The lowest BCUT2D eigenvalue weighted by molar-refractivity contribution is -0.119. The van der Waals surface area contributed by atoms with Crippen molar-refractivity contribution in [2.75, 3.05) is 25.7 Å². The highest BCUT2D eigenvalue weighted by Crippen LogP contribution is 1.83. The lowest BCUT2D eigenvalue weighted by atomic mass is 10.6. The van der Waals surface area contributed by atoms with Gasteiger partial charge in [-0.1, -0.05) is 0 Å². The summed E-state index contributed by atoms with van der Waals surface area (Å²) in [6, 6.07) is 0. The fraction of sp³-hybridized carbons (Fsp3) is 0.800. The molecule has 4 heteroatoms. The average molecular weight is 148 g/mol. The fourth-order valence-electron chi connectivity index (χ4n) is 0.355. The van der Waals surface area contributed by atoms with E-state index in [0.29, 0.717) is 6.54 Å². The van der Waals surface area contributed by atoms with Crippen LogP contribution in [0, 0.1) is 0 Å². The van der Waals surface area contributed by atoms with Gasteiger partial charge in [-0.05, 0) is 6.26 Å². The van der Waals surface area contributed by atoms with E-state index in [-0.39, 0.29) is 5.91 Å². The minimum atomic E-state index is 0.0315. The van der Waals surface area contributed by atoms with Gasteiger partial charge in [0, 0.05) is 12.9 Å². The molecule has 0 aliphatic heterocycles. The molecule has 0 spiro atoms. The van der Waals surface area contributed by atoms with Crippen molar-refractivity contribution in [1.29, 1.82) is 0 Å². The molecule has 0 aromatic heterocycles. The molecule has 0 aromatic carbocycles. The van der Waals surface area contributed by atoms with Crippen LogP contribution < -0.4 is 10.6 Å². The summed E-state index contributed by atoms with van der Waals surface area (Å²) in [5.74, 6) is 0.858. The zero-order valence-electron chi connectivity index (χ0n) is 5.73. The first-order valence-electron chi connectivity index (χ1n) is 2.71. The molecule has 0 aliphatic rings. The molecule has 9 heavy (non-hydrogen) atoms. The van der Waals surface area contributed by atoms with Crippen LogP contribution in [0.15, 0.2) is 0 Å². The minimum absolute atomic E-state index is 0.0315. The molecule has 0 aliphatic carbocycles. The number of carbonyl (C=O) groups is 1. The molecule has 0 fully saturated rings. The summed E-state index contributed by atoms with van der Waals surface area (Å²) in [5.41, 5.74) is 0. The second kappa shape index (κ2) is 5.91. The van der Waals surface area contributed by atoms with Crippen molar-refractivity contribution in [3.63, 3.8) is 0 Å². The third-order valence-corrected chi connectivity index (χ3v) is 1.30. The monoisotopic (exact) mass is 148 g/mol. The van der Waals surface area contributed by atoms with Crippen LogP contribution in [-0.2, 0) is 4.79 Å². The predicted octanol–water partition coefficient (Wildman–Crippen LogP) is -0.358. The van der Waals surface area contributed by atoms with Crippen molar-refractivity contribution < 1.29 is 4.79 Å². The Morgan fingerprint density at radius 1 is 1.67 bits per heavy atom. The van der Waals surface area contributed by atoms with E-state index in [1.54, 1.807) is 18.8 Å². The highest BCUT2D eigenvalue weighted by Gasteiger charge is 1.92. The molecule has 0 unspecified atom stereocenters. The summed E-state index contributed by atoms with van der Waals surface area (Å²) in [7, 11) is 1.63. The van der Waals surface area contributed by atoms with Crippen LogP contribution in [0.25, 0.3) is 0 Å².